The summed E-state index contributed by atoms with van der Waals surface area (Å²) in [7, 11) is 0. The quantitative estimate of drug-likeness (QED) is 0.235. The van der Waals surface area contributed by atoms with Crippen molar-refractivity contribution in [2.24, 2.45) is 11.8 Å². The Bertz CT molecular complexity index is 1320. The fourth-order valence-electron chi connectivity index (χ4n) is 7.18. The third-order valence-electron chi connectivity index (χ3n) is 8.73. The van der Waals surface area contributed by atoms with Gasteiger partial charge in [-0.05, 0) is 50.3 Å². The largest absolute Gasteiger partial charge is 0.466 e. The van der Waals surface area contributed by atoms with Crippen molar-refractivity contribution in [1.82, 2.24) is 4.90 Å². The van der Waals surface area contributed by atoms with Crippen molar-refractivity contribution in [3.8, 4) is 0 Å². The number of aliphatic hydroxyl groups excluding tert-OH is 1. The van der Waals surface area contributed by atoms with E-state index < -0.39 is 34.6 Å². The maximum atomic E-state index is 15.0. The predicted molar refractivity (Wildman–Crippen MR) is 165 cm³/mol. The molecule has 7 atom stereocenters. The molecule has 1 spiro atoms. The van der Waals surface area contributed by atoms with Crippen LogP contribution in [0.15, 0.2) is 61.2 Å². The van der Waals surface area contributed by atoms with E-state index in [1.807, 2.05) is 62.4 Å². The Balaban J connectivity index is 1.65. The standard InChI is InChI=1S/C32H37BrN2O5S/c1-5-15-34(26-19(3)11-10-12-20(26)4)30(38)28-32-17-23(33)27(41-32)24(31(39)40-6-2)25(32)29(37)35(28)22(18-36)16-21-13-8-7-9-14-21/h5,7-14,22-25,27-28,36H,1,6,15-18H2,2-4H3/t22-,23?,24+,25+,27+,28?,32?/m1/s1. The highest BCUT2D eigenvalue weighted by Gasteiger charge is 2.76. The molecular formula is C32H37BrN2O5S. The minimum atomic E-state index is -0.880. The van der Waals surface area contributed by atoms with Crippen LogP contribution in [0, 0.1) is 25.7 Å². The second-order valence-corrected chi connectivity index (χ2v) is 13.9. The summed E-state index contributed by atoms with van der Waals surface area (Å²) in [5, 5.41) is 10.5. The van der Waals surface area contributed by atoms with Crippen molar-refractivity contribution < 1.29 is 24.2 Å². The van der Waals surface area contributed by atoms with Crippen molar-refractivity contribution in [3.05, 3.63) is 77.9 Å². The molecule has 3 fully saturated rings. The zero-order valence-electron chi connectivity index (χ0n) is 23.7. The highest BCUT2D eigenvalue weighted by molar-refractivity contribution is 9.09. The van der Waals surface area contributed by atoms with E-state index in [2.05, 4.69) is 22.5 Å². The van der Waals surface area contributed by atoms with Crippen LogP contribution in [0.3, 0.4) is 0 Å². The molecule has 2 bridgehead atoms. The molecule has 218 valence electrons. The van der Waals surface area contributed by atoms with E-state index in [9.17, 15) is 19.5 Å². The minimum absolute atomic E-state index is 0.0593. The van der Waals surface area contributed by atoms with Crippen LogP contribution >= 0.6 is 27.7 Å². The lowest BCUT2D eigenvalue weighted by atomic mass is 9.71. The summed E-state index contributed by atoms with van der Waals surface area (Å²) < 4.78 is 4.64. The van der Waals surface area contributed by atoms with E-state index in [4.69, 9.17) is 4.74 Å². The summed E-state index contributed by atoms with van der Waals surface area (Å²) in [6.45, 7) is 9.79. The van der Waals surface area contributed by atoms with Gasteiger partial charge in [0.2, 0.25) is 5.91 Å². The number of amides is 2. The number of anilines is 1. The van der Waals surface area contributed by atoms with Crippen molar-refractivity contribution >= 4 is 51.2 Å². The van der Waals surface area contributed by atoms with Crippen molar-refractivity contribution in [3.63, 3.8) is 0 Å². The summed E-state index contributed by atoms with van der Waals surface area (Å²) >= 11 is 5.37. The van der Waals surface area contributed by atoms with Gasteiger partial charge >= 0.3 is 5.97 Å². The van der Waals surface area contributed by atoms with Gasteiger partial charge in [-0.3, -0.25) is 14.4 Å². The zero-order valence-corrected chi connectivity index (χ0v) is 26.1. The Kier molecular flexibility index (Phi) is 8.69. The monoisotopic (exact) mass is 640 g/mol. The number of alkyl halides is 1. The number of carbonyl (C=O) groups is 3. The summed E-state index contributed by atoms with van der Waals surface area (Å²) in [4.78, 5) is 46.1. The number of likely N-dealkylation sites (tertiary alicyclic amines) is 1. The number of para-hydroxylation sites is 1. The number of benzene rings is 2. The van der Waals surface area contributed by atoms with Gasteiger partial charge in [-0.25, -0.2) is 0 Å². The molecule has 2 amide bonds. The van der Waals surface area contributed by atoms with Crippen LogP contribution in [0.2, 0.25) is 0 Å². The number of hydrogen-bond donors (Lipinski definition) is 1. The molecule has 3 saturated heterocycles. The molecule has 0 saturated carbocycles. The molecule has 2 aromatic rings. The molecule has 7 nitrogen and oxygen atoms in total. The van der Waals surface area contributed by atoms with Gasteiger partial charge in [0, 0.05) is 22.3 Å². The van der Waals surface area contributed by atoms with E-state index >= 15 is 0 Å². The Morgan fingerprint density at radius 1 is 1.22 bits per heavy atom. The summed E-state index contributed by atoms with van der Waals surface area (Å²) in [5.41, 5.74) is 3.64. The number of ether oxygens (including phenoxy) is 1. The van der Waals surface area contributed by atoms with Gasteiger partial charge in [0.15, 0.2) is 0 Å². The van der Waals surface area contributed by atoms with Crippen LogP contribution < -0.4 is 4.90 Å². The first-order valence-electron chi connectivity index (χ1n) is 14.1. The molecule has 0 aliphatic carbocycles. The fourth-order valence-corrected chi connectivity index (χ4v) is 10.8. The third kappa shape index (κ3) is 4.93. The number of hydrogen-bond acceptors (Lipinski definition) is 6. The summed E-state index contributed by atoms with van der Waals surface area (Å²) in [5.74, 6) is -2.26. The number of carbonyl (C=O) groups excluding carboxylic acids is 3. The van der Waals surface area contributed by atoms with Crippen LogP contribution in [-0.4, -0.2) is 74.5 Å². The maximum Gasteiger partial charge on any atom is 0.310 e. The van der Waals surface area contributed by atoms with Gasteiger partial charge in [-0.2, -0.15) is 0 Å². The van der Waals surface area contributed by atoms with E-state index in [-0.39, 0.29) is 41.6 Å². The van der Waals surface area contributed by atoms with E-state index in [1.165, 1.54) is 0 Å². The van der Waals surface area contributed by atoms with Crippen LogP contribution in [0.1, 0.15) is 30.0 Å². The Morgan fingerprint density at radius 3 is 2.51 bits per heavy atom. The number of halogens is 1. The number of rotatable bonds is 10. The minimum Gasteiger partial charge on any atom is -0.466 e. The molecule has 3 aliphatic heterocycles. The smallest absolute Gasteiger partial charge is 0.310 e. The molecule has 3 unspecified atom stereocenters. The van der Waals surface area contributed by atoms with E-state index in [0.29, 0.717) is 12.8 Å². The molecule has 41 heavy (non-hydrogen) atoms. The first kappa shape index (κ1) is 29.9. The Hall–Kier alpha value is -2.62. The molecule has 5 rings (SSSR count). The average molecular weight is 642 g/mol. The van der Waals surface area contributed by atoms with Crippen LogP contribution in [-0.2, 0) is 25.5 Å². The normalized spacial score (nSPS) is 28.9. The lowest BCUT2D eigenvalue weighted by Gasteiger charge is -2.40. The highest BCUT2D eigenvalue weighted by atomic mass is 79.9. The average Bonchev–Trinajstić information content (AvgIpc) is 3.55. The molecule has 1 N–H and O–H groups in total. The Labute approximate surface area is 254 Å². The molecule has 0 radical (unpaired) electrons. The maximum absolute atomic E-state index is 15.0. The topological polar surface area (TPSA) is 87.2 Å². The number of nitrogens with zero attached hydrogens (tertiary/aromatic N) is 2. The second-order valence-electron chi connectivity index (χ2n) is 11.2. The molecule has 9 heteroatoms. The molecule has 3 aliphatic rings. The van der Waals surface area contributed by atoms with Crippen LogP contribution in [0.5, 0.6) is 0 Å². The van der Waals surface area contributed by atoms with E-state index in [0.717, 1.165) is 22.4 Å². The fraction of sp³-hybridized carbons (Fsp3) is 0.469. The SMILES string of the molecule is C=CCN(C(=O)C1N([C@@H](CO)Cc2ccccc2)C(=O)[C@@H]2[C@H](C(=O)OCC)[C@H]3SC12CC3Br)c1c(C)cccc1C. The lowest BCUT2D eigenvalue weighted by molar-refractivity contribution is -0.154. The predicted octanol–water partition coefficient (Wildman–Crippen LogP) is 4.45. The van der Waals surface area contributed by atoms with Gasteiger partial charge in [0.25, 0.3) is 5.91 Å². The first-order chi connectivity index (χ1) is 19.7. The van der Waals surface area contributed by atoms with Gasteiger partial charge in [-0.1, -0.05) is 70.5 Å². The van der Waals surface area contributed by atoms with Gasteiger partial charge < -0.3 is 19.6 Å². The zero-order chi connectivity index (χ0) is 29.5. The number of thioether (sulfide) groups is 1. The Morgan fingerprint density at radius 2 is 1.90 bits per heavy atom. The van der Waals surface area contributed by atoms with Crippen LogP contribution in [0.4, 0.5) is 5.69 Å². The highest BCUT2D eigenvalue weighted by Crippen LogP contribution is 2.68. The van der Waals surface area contributed by atoms with Crippen LogP contribution in [0.25, 0.3) is 0 Å². The second kappa shape index (κ2) is 11.9. The van der Waals surface area contributed by atoms with Gasteiger partial charge in [0.1, 0.15) is 6.04 Å². The number of aliphatic hydroxyl groups is 1. The number of aryl methyl sites for hydroxylation is 2. The number of esters is 1. The first-order valence-corrected chi connectivity index (χ1v) is 15.9. The third-order valence-corrected chi connectivity index (χ3v) is 11.9. The summed E-state index contributed by atoms with van der Waals surface area (Å²) in [6.07, 6.45) is 2.64. The lowest BCUT2D eigenvalue weighted by Crippen LogP contribution is -2.58. The van der Waals surface area contributed by atoms with Gasteiger partial charge in [0.05, 0.1) is 35.8 Å². The van der Waals surface area contributed by atoms with Gasteiger partial charge in [-0.15, -0.1) is 18.3 Å². The van der Waals surface area contributed by atoms with Crippen molar-refractivity contribution in [2.45, 2.75) is 60.5 Å². The molecule has 0 aromatic heterocycles. The van der Waals surface area contributed by atoms with Crippen molar-refractivity contribution in [1.29, 1.82) is 0 Å². The van der Waals surface area contributed by atoms with Crippen molar-refractivity contribution in [2.75, 3.05) is 24.7 Å². The molecular weight excluding hydrogens is 604 g/mol. The molecule has 2 aromatic carbocycles. The molecule has 3 heterocycles. The summed E-state index contributed by atoms with van der Waals surface area (Å²) in [6, 6.07) is 14.0. The number of fused-ring (bicyclic) bond motifs is 1. The van der Waals surface area contributed by atoms with E-state index in [1.54, 1.807) is 34.6 Å².